The standard InChI is InChI=1S/C29H28BrFN8O5/c1-16(40)27-20-9-17(18-11-32-25(33-12-18)15-44-29(43)37(2)3)7-8-21(20)39(36-27)14-26(41)38-13-19(31)10-22(38)28(42)35-24-6-4-5-23(30)34-24/h4-9,11-12,19,22H,10,13-15H2,1-3H3,(H,34,35,42)/t19-,22+/m1/s1. The van der Waals surface area contributed by atoms with Crippen LogP contribution in [0.3, 0.4) is 0 Å². The molecule has 1 fully saturated rings. The molecule has 1 aliphatic heterocycles. The molecule has 4 heterocycles. The molecule has 13 nitrogen and oxygen atoms in total. The summed E-state index contributed by atoms with van der Waals surface area (Å²) in [6.07, 6.45) is 1.12. The van der Waals surface area contributed by atoms with Crippen molar-refractivity contribution in [3.8, 4) is 11.1 Å². The number of nitrogens with one attached hydrogen (secondary N) is 1. The van der Waals surface area contributed by atoms with Crippen LogP contribution in [0.25, 0.3) is 22.0 Å². The van der Waals surface area contributed by atoms with E-state index in [-0.39, 0.29) is 43.4 Å². The molecule has 1 N–H and O–H groups in total. The molecule has 0 aliphatic carbocycles. The Labute approximate surface area is 259 Å². The van der Waals surface area contributed by atoms with Gasteiger partial charge in [-0.1, -0.05) is 12.1 Å². The van der Waals surface area contributed by atoms with Crippen LogP contribution in [0.5, 0.6) is 0 Å². The maximum absolute atomic E-state index is 14.5. The number of carbonyl (C=O) groups is 4. The van der Waals surface area contributed by atoms with Crippen LogP contribution in [0.1, 0.15) is 29.7 Å². The van der Waals surface area contributed by atoms with Gasteiger partial charge in [-0.3, -0.25) is 19.1 Å². The van der Waals surface area contributed by atoms with Crippen molar-refractivity contribution in [2.45, 2.75) is 38.7 Å². The number of fused-ring (bicyclic) bond motifs is 1. The third-order valence-corrected chi connectivity index (χ3v) is 7.38. The molecule has 2 atom stereocenters. The fourth-order valence-corrected chi connectivity index (χ4v) is 5.13. The van der Waals surface area contributed by atoms with Gasteiger partial charge in [-0.25, -0.2) is 24.1 Å². The van der Waals surface area contributed by atoms with Gasteiger partial charge in [0.25, 0.3) is 0 Å². The number of ether oxygens (including phenoxy) is 1. The minimum absolute atomic E-state index is 0.0881. The molecule has 1 saturated heterocycles. The Morgan fingerprint density at radius 1 is 1.11 bits per heavy atom. The minimum atomic E-state index is -1.37. The van der Waals surface area contributed by atoms with Crippen LogP contribution in [0.2, 0.25) is 0 Å². The molecule has 0 spiro atoms. The van der Waals surface area contributed by atoms with E-state index in [1.165, 1.54) is 21.4 Å². The van der Waals surface area contributed by atoms with Crippen LogP contribution < -0.4 is 5.32 Å². The number of hydrogen-bond acceptors (Lipinski definition) is 9. The van der Waals surface area contributed by atoms with Gasteiger partial charge in [-0.05, 0) is 45.8 Å². The molecule has 1 aromatic carbocycles. The molecular weight excluding hydrogens is 639 g/mol. The maximum Gasteiger partial charge on any atom is 0.409 e. The summed E-state index contributed by atoms with van der Waals surface area (Å²) in [6, 6.07) is 9.18. The lowest BCUT2D eigenvalue weighted by Crippen LogP contribution is -2.44. The zero-order valence-corrected chi connectivity index (χ0v) is 25.6. The summed E-state index contributed by atoms with van der Waals surface area (Å²) < 4.78 is 21.5. The first-order valence-corrected chi connectivity index (χ1v) is 14.3. The summed E-state index contributed by atoms with van der Waals surface area (Å²) in [5, 5.41) is 7.55. The Morgan fingerprint density at radius 2 is 1.86 bits per heavy atom. The molecular formula is C29H28BrFN8O5. The number of Topliss-reactive ketones (excluding diaryl/α,β-unsaturated/α-hetero) is 1. The topological polar surface area (TPSA) is 153 Å². The van der Waals surface area contributed by atoms with Gasteiger partial charge < -0.3 is 19.9 Å². The van der Waals surface area contributed by atoms with Gasteiger partial charge in [-0.15, -0.1) is 0 Å². The number of anilines is 1. The van der Waals surface area contributed by atoms with E-state index < -0.39 is 30.1 Å². The van der Waals surface area contributed by atoms with Crippen molar-refractivity contribution in [1.82, 2.24) is 34.5 Å². The van der Waals surface area contributed by atoms with Crippen LogP contribution in [0.15, 0.2) is 53.4 Å². The van der Waals surface area contributed by atoms with Crippen molar-refractivity contribution in [1.29, 1.82) is 0 Å². The molecule has 0 saturated carbocycles. The molecule has 4 aromatic rings. The Bertz CT molecular complexity index is 1750. The van der Waals surface area contributed by atoms with Crippen molar-refractivity contribution >= 4 is 56.3 Å². The zero-order valence-electron chi connectivity index (χ0n) is 24.0. The Kier molecular flexibility index (Phi) is 8.94. The van der Waals surface area contributed by atoms with E-state index in [1.807, 2.05) is 0 Å². The third-order valence-electron chi connectivity index (χ3n) is 6.94. The number of nitrogens with zero attached hydrogens (tertiary/aromatic N) is 7. The summed E-state index contributed by atoms with van der Waals surface area (Å²) in [4.78, 5) is 65.7. The number of pyridine rings is 1. The second kappa shape index (κ2) is 12.8. The first kappa shape index (κ1) is 30.7. The molecule has 3 aromatic heterocycles. The predicted molar refractivity (Wildman–Crippen MR) is 160 cm³/mol. The molecule has 228 valence electrons. The van der Waals surface area contributed by atoms with E-state index in [9.17, 15) is 23.6 Å². The molecule has 0 unspecified atom stereocenters. The minimum Gasteiger partial charge on any atom is -0.441 e. The number of carbonyl (C=O) groups excluding carboxylic acids is 4. The SMILES string of the molecule is CC(=O)c1nn(CC(=O)N2C[C@H](F)C[C@H]2C(=O)Nc2cccc(Br)n2)c2ccc(-c3cnc(COC(=O)N(C)C)nc3)cc12. The van der Waals surface area contributed by atoms with E-state index in [2.05, 4.69) is 41.3 Å². The van der Waals surface area contributed by atoms with Gasteiger partial charge in [-0.2, -0.15) is 5.10 Å². The van der Waals surface area contributed by atoms with Crippen LogP contribution in [-0.2, 0) is 27.5 Å². The highest BCUT2D eigenvalue weighted by Crippen LogP contribution is 2.28. The molecule has 0 radical (unpaired) electrons. The number of alkyl halides is 1. The molecule has 3 amide bonds. The quantitative estimate of drug-likeness (QED) is 0.219. The average molecular weight is 667 g/mol. The third kappa shape index (κ3) is 6.72. The van der Waals surface area contributed by atoms with E-state index in [0.717, 1.165) is 0 Å². The van der Waals surface area contributed by atoms with Crippen molar-refractivity contribution in [3.63, 3.8) is 0 Å². The lowest BCUT2D eigenvalue weighted by molar-refractivity contribution is -0.137. The Morgan fingerprint density at radius 3 is 2.55 bits per heavy atom. The summed E-state index contributed by atoms with van der Waals surface area (Å²) in [5.74, 6) is -0.788. The summed E-state index contributed by atoms with van der Waals surface area (Å²) in [7, 11) is 3.14. The molecule has 15 heteroatoms. The highest BCUT2D eigenvalue weighted by atomic mass is 79.9. The van der Waals surface area contributed by atoms with Crippen molar-refractivity contribution < 1.29 is 28.3 Å². The van der Waals surface area contributed by atoms with Gasteiger partial charge in [0.05, 0.1) is 12.1 Å². The van der Waals surface area contributed by atoms with Gasteiger partial charge in [0.1, 0.15) is 34.9 Å². The second-order valence-electron chi connectivity index (χ2n) is 10.4. The Hall–Kier alpha value is -4.79. The van der Waals surface area contributed by atoms with Gasteiger partial charge in [0.15, 0.2) is 18.2 Å². The fourth-order valence-electron chi connectivity index (χ4n) is 4.79. The largest absolute Gasteiger partial charge is 0.441 e. The van der Waals surface area contributed by atoms with E-state index in [0.29, 0.717) is 32.5 Å². The number of ketones is 1. The smallest absolute Gasteiger partial charge is 0.409 e. The number of aromatic nitrogens is 5. The molecule has 0 bridgehead atoms. The Balaban J connectivity index is 1.35. The van der Waals surface area contributed by atoms with Crippen LogP contribution >= 0.6 is 15.9 Å². The molecule has 44 heavy (non-hydrogen) atoms. The average Bonchev–Trinajstić information content (AvgIpc) is 3.56. The van der Waals surface area contributed by atoms with Crippen molar-refractivity contribution in [3.05, 3.63) is 64.9 Å². The monoisotopic (exact) mass is 666 g/mol. The van der Waals surface area contributed by atoms with Crippen LogP contribution in [-0.4, -0.2) is 91.1 Å². The van der Waals surface area contributed by atoms with Crippen molar-refractivity contribution in [2.24, 2.45) is 0 Å². The first-order chi connectivity index (χ1) is 21.0. The van der Waals surface area contributed by atoms with Gasteiger partial charge in [0, 0.05) is 50.8 Å². The lowest BCUT2D eigenvalue weighted by Gasteiger charge is -2.23. The molecule has 1 aliphatic rings. The number of hydrogen-bond donors (Lipinski definition) is 1. The van der Waals surface area contributed by atoms with Gasteiger partial charge in [0.2, 0.25) is 11.8 Å². The summed E-state index contributed by atoms with van der Waals surface area (Å²) in [6.45, 7) is 0.738. The van der Waals surface area contributed by atoms with Gasteiger partial charge >= 0.3 is 6.09 Å². The highest BCUT2D eigenvalue weighted by molar-refractivity contribution is 9.10. The predicted octanol–water partition coefficient (Wildman–Crippen LogP) is 3.63. The van der Waals surface area contributed by atoms with Crippen molar-refractivity contribution in [2.75, 3.05) is 26.0 Å². The summed E-state index contributed by atoms with van der Waals surface area (Å²) >= 11 is 3.24. The number of amides is 3. The number of likely N-dealkylation sites (tertiary alicyclic amines) is 1. The van der Waals surface area contributed by atoms with Crippen LogP contribution in [0, 0.1) is 0 Å². The fraction of sp³-hybridized carbons (Fsp3) is 0.310. The number of halogens is 2. The van der Waals surface area contributed by atoms with E-state index >= 15 is 0 Å². The highest BCUT2D eigenvalue weighted by Gasteiger charge is 2.40. The first-order valence-electron chi connectivity index (χ1n) is 13.5. The zero-order chi connectivity index (χ0) is 31.5. The summed E-state index contributed by atoms with van der Waals surface area (Å²) in [5.41, 5.74) is 2.01. The maximum atomic E-state index is 14.5. The lowest BCUT2D eigenvalue weighted by atomic mass is 10.0. The number of benzene rings is 1. The van der Waals surface area contributed by atoms with E-state index in [4.69, 9.17) is 4.74 Å². The van der Waals surface area contributed by atoms with E-state index in [1.54, 1.807) is 62.9 Å². The van der Waals surface area contributed by atoms with Crippen LogP contribution in [0.4, 0.5) is 15.0 Å². The normalized spacial score (nSPS) is 16.2. The second-order valence-corrected chi connectivity index (χ2v) is 11.2. The molecule has 5 rings (SSSR count). The number of rotatable bonds is 8.